The van der Waals surface area contributed by atoms with Crippen molar-refractivity contribution >= 4 is 15.9 Å². The Balaban J connectivity index is 3.11. The van der Waals surface area contributed by atoms with Crippen LogP contribution < -0.4 is 0 Å². The molecule has 1 unspecified atom stereocenters. The SMILES string of the molecule is CC1=C([N+](=O)[O-])C(C)CC=C1Br. The highest BCUT2D eigenvalue weighted by molar-refractivity contribution is 9.12. The molecule has 4 heteroatoms. The summed E-state index contributed by atoms with van der Waals surface area (Å²) in [6, 6.07) is 0. The molecule has 0 radical (unpaired) electrons. The van der Waals surface area contributed by atoms with Crippen molar-refractivity contribution in [3.05, 3.63) is 31.9 Å². The highest BCUT2D eigenvalue weighted by atomic mass is 79.9. The standard InChI is InChI=1S/C8H10BrNO2/c1-5-3-4-7(9)6(2)8(5)10(11)12/h4-5H,3H2,1-2H3. The summed E-state index contributed by atoms with van der Waals surface area (Å²) in [7, 11) is 0. The topological polar surface area (TPSA) is 43.1 Å². The molecule has 1 aliphatic carbocycles. The maximum Gasteiger partial charge on any atom is 0.253 e. The minimum absolute atomic E-state index is 0.0290. The summed E-state index contributed by atoms with van der Waals surface area (Å²) in [5.74, 6) is 0.0290. The van der Waals surface area contributed by atoms with Crippen molar-refractivity contribution in [2.24, 2.45) is 5.92 Å². The van der Waals surface area contributed by atoms with Gasteiger partial charge in [0.05, 0.1) is 10.8 Å². The zero-order chi connectivity index (χ0) is 9.30. The Kier molecular flexibility index (Phi) is 2.67. The molecule has 0 aromatic carbocycles. The zero-order valence-corrected chi connectivity index (χ0v) is 8.59. The van der Waals surface area contributed by atoms with Gasteiger partial charge in [-0.15, -0.1) is 0 Å². The van der Waals surface area contributed by atoms with E-state index in [1.807, 2.05) is 13.0 Å². The summed E-state index contributed by atoms with van der Waals surface area (Å²) < 4.78 is 0.854. The van der Waals surface area contributed by atoms with Gasteiger partial charge in [0.1, 0.15) is 0 Å². The highest BCUT2D eigenvalue weighted by Crippen LogP contribution is 2.32. The molecular formula is C8H10BrNO2. The second-order valence-electron chi connectivity index (χ2n) is 2.96. The molecule has 0 N–H and O–H groups in total. The normalized spacial score (nSPS) is 23.9. The minimum Gasteiger partial charge on any atom is -0.259 e. The molecular weight excluding hydrogens is 222 g/mol. The fraction of sp³-hybridized carbons (Fsp3) is 0.500. The lowest BCUT2D eigenvalue weighted by molar-refractivity contribution is -0.434. The monoisotopic (exact) mass is 231 g/mol. The van der Waals surface area contributed by atoms with Gasteiger partial charge in [0.25, 0.3) is 5.70 Å². The van der Waals surface area contributed by atoms with E-state index in [1.54, 1.807) is 6.92 Å². The average Bonchev–Trinajstić information content (AvgIpc) is 1.97. The molecule has 0 aliphatic heterocycles. The number of nitrogens with zero attached hydrogens (tertiary/aromatic N) is 1. The predicted molar refractivity (Wildman–Crippen MR) is 50.5 cm³/mol. The molecule has 0 aromatic rings. The summed E-state index contributed by atoms with van der Waals surface area (Å²) in [6.07, 6.45) is 2.72. The molecule has 0 heterocycles. The first-order valence-corrected chi connectivity index (χ1v) is 4.54. The van der Waals surface area contributed by atoms with E-state index in [1.165, 1.54) is 0 Å². The van der Waals surface area contributed by atoms with E-state index < -0.39 is 0 Å². The van der Waals surface area contributed by atoms with Crippen LogP contribution in [0.4, 0.5) is 0 Å². The van der Waals surface area contributed by atoms with Crippen LogP contribution in [0.15, 0.2) is 21.8 Å². The number of rotatable bonds is 1. The lowest BCUT2D eigenvalue weighted by atomic mass is 9.95. The molecule has 1 aliphatic rings. The quantitative estimate of drug-likeness (QED) is 0.515. The van der Waals surface area contributed by atoms with Gasteiger partial charge in [-0.25, -0.2) is 0 Å². The molecule has 3 nitrogen and oxygen atoms in total. The van der Waals surface area contributed by atoms with E-state index in [2.05, 4.69) is 15.9 Å². The van der Waals surface area contributed by atoms with Crippen LogP contribution in [0.5, 0.6) is 0 Å². The summed E-state index contributed by atoms with van der Waals surface area (Å²) in [6.45, 7) is 3.64. The van der Waals surface area contributed by atoms with Gasteiger partial charge in [-0.1, -0.05) is 28.9 Å². The van der Waals surface area contributed by atoms with Crippen molar-refractivity contribution in [1.29, 1.82) is 0 Å². The average molecular weight is 232 g/mol. The zero-order valence-electron chi connectivity index (χ0n) is 7.00. The molecule has 12 heavy (non-hydrogen) atoms. The van der Waals surface area contributed by atoms with Gasteiger partial charge in [0.15, 0.2) is 0 Å². The highest BCUT2D eigenvalue weighted by Gasteiger charge is 2.26. The van der Waals surface area contributed by atoms with Crippen LogP contribution in [0.2, 0.25) is 0 Å². The maximum atomic E-state index is 10.6. The molecule has 0 saturated heterocycles. The number of nitro groups is 1. The number of hydrogen-bond donors (Lipinski definition) is 0. The second-order valence-corrected chi connectivity index (χ2v) is 3.81. The molecule has 0 bridgehead atoms. The van der Waals surface area contributed by atoms with E-state index >= 15 is 0 Å². The number of allylic oxidation sites excluding steroid dienone is 4. The molecule has 0 amide bonds. The molecule has 1 atom stereocenters. The van der Waals surface area contributed by atoms with Crippen LogP contribution in [0.25, 0.3) is 0 Å². The first kappa shape index (κ1) is 9.45. The minimum atomic E-state index is -0.283. The molecule has 0 saturated carbocycles. The molecule has 0 fully saturated rings. The Hall–Kier alpha value is -0.640. The van der Waals surface area contributed by atoms with Crippen LogP contribution >= 0.6 is 15.9 Å². The van der Waals surface area contributed by atoms with Crippen LogP contribution in [0.1, 0.15) is 20.3 Å². The molecule has 0 spiro atoms. The largest absolute Gasteiger partial charge is 0.259 e. The van der Waals surface area contributed by atoms with Crippen LogP contribution in [-0.2, 0) is 0 Å². The van der Waals surface area contributed by atoms with Gasteiger partial charge >= 0.3 is 0 Å². The lowest BCUT2D eigenvalue weighted by Crippen LogP contribution is -2.13. The Morgan fingerprint density at radius 2 is 2.33 bits per heavy atom. The van der Waals surface area contributed by atoms with E-state index in [4.69, 9.17) is 0 Å². The van der Waals surface area contributed by atoms with E-state index in [0.29, 0.717) is 5.70 Å². The van der Waals surface area contributed by atoms with E-state index in [0.717, 1.165) is 16.5 Å². The van der Waals surface area contributed by atoms with Gasteiger partial charge in [-0.2, -0.15) is 0 Å². The number of hydrogen-bond acceptors (Lipinski definition) is 2. The summed E-state index contributed by atoms with van der Waals surface area (Å²) in [5, 5.41) is 10.6. The van der Waals surface area contributed by atoms with Gasteiger partial charge < -0.3 is 0 Å². The summed E-state index contributed by atoms with van der Waals surface area (Å²) in [4.78, 5) is 10.3. The van der Waals surface area contributed by atoms with Gasteiger partial charge in [0, 0.05) is 10.1 Å². The van der Waals surface area contributed by atoms with Crippen molar-refractivity contribution in [2.75, 3.05) is 0 Å². The third-order valence-corrected chi connectivity index (χ3v) is 2.98. The van der Waals surface area contributed by atoms with Crippen LogP contribution in [0, 0.1) is 16.0 Å². The molecule has 66 valence electrons. The summed E-state index contributed by atoms with van der Waals surface area (Å²) in [5.41, 5.74) is 1.09. The van der Waals surface area contributed by atoms with E-state index in [-0.39, 0.29) is 10.8 Å². The Morgan fingerprint density at radius 3 is 2.75 bits per heavy atom. The van der Waals surface area contributed by atoms with E-state index in [9.17, 15) is 10.1 Å². The second kappa shape index (κ2) is 3.39. The molecule has 1 rings (SSSR count). The lowest BCUT2D eigenvalue weighted by Gasteiger charge is -2.14. The van der Waals surface area contributed by atoms with Crippen molar-refractivity contribution in [3.63, 3.8) is 0 Å². The predicted octanol–water partition coefficient (Wildman–Crippen LogP) is 2.86. The Bertz CT molecular complexity index is 281. The number of halogens is 1. The van der Waals surface area contributed by atoms with Crippen molar-refractivity contribution in [3.8, 4) is 0 Å². The third-order valence-electron chi connectivity index (χ3n) is 2.06. The Morgan fingerprint density at radius 1 is 1.75 bits per heavy atom. The molecule has 0 aromatic heterocycles. The van der Waals surface area contributed by atoms with Gasteiger partial charge in [0.2, 0.25) is 0 Å². The van der Waals surface area contributed by atoms with Gasteiger partial charge in [-0.3, -0.25) is 10.1 Å². The smallest absolute Gasteiger partial charge is 0.253 e. The first-order valence-electron chi connectivity index (χ1n) is 3.75. The fourth-order valence-electron chi connectivity index (χ4n) is 1.35. The Labute approximate surface area is 79.4 Å². The van der Waals surface area contributed by atoms with Crippen molar-refractivity contribution < 1.29 is 4.92 Å². The van der Waals surface area contributed by atoms with Crippen LogP contribution in [0.3, 0.4) is 0 Å². The summed E-state index contributed by atoms with van der Waals surface area (Å²) >= 11 is 3.29. The van der Waals surface area contributed by atoms with Gasteiger partial charge in [-0.05, 0) is 13.3 Å². The first-order chi connectivity index (χ1) is 5.54. The maximum absolute atomic E-state index is 10.6. The third kappa shape index (κ3) is 1.58. The fourth-order valence-corrected chi connectivity index (χ4v) is 1.74. The van der Waals surface area contributed by atoms with Crippen molar-refractivity contribution in [1.82, 2.24) is 0 Å². The van der Waals surface area contributed by atoms with Crippen LogP contribution in [-0.4, -0.2) is 4.92 Å². The van der Waals surface area contributed by atoms with Crippen molar-refractivity contribution in [2.45, 2.75) is 20.3 Å².